The minimum atomic E-state index is -0.549. The van der Waals surface area contributed by atoms with Gasteiger partial charge in [0.2, 0.25) is 11.7 Å². The van der Waals surface area contributed by atoms with Crippen molar-refractivity contribution in [2.24, 2.45) is 0 Å². The summed E-state index contributed by atoms with van der Waals surface area (Å²) < 4.78 is 7.36. The molecule has 34 heavy (non-hydrogen) atoms. The van der Waals surface area contributed by atoms with E-state index < -0.39 is 11.5 Å². The highest BCUT2D eigenvalue weighted by Gasteiger charge is 2.28. The van der Waals surface area contributed by atoms with Crippen molar-refractivity contribution in [1.82, 2.24) is 20.2 Å². The highest BCUT2D eigenvalue weighted by Crippen LogP contribution is 2.22. The first-order valence-corrected chi connectivity index (χ1v) is 11.0. The van der Waals surface area contributed by atoms with Crippen LogP contribution in [0.3, 0.4) is 0 Å². The smallest absolute Gasteiger partial charge is 0.298 e. The predicted octanol–water partition coefficient (Wildman–Crippen LogP) is 1.87. The molecule has 0 radical (unpaired) electrons. The lowest BCUT2D eigenvalue weighted by Crippen LogP contribution is -2.31. The van der Waals surface area contributed by atoms with Gasteiger partial charge in [0.25, 0.3) is 17.4 Å². The summed E-state index contributed by atoms with van der Waals surface area (Å²) in [5.74, 6) is -0.456. The van der Waals surface area contributed by atoms with E-state index in [4.69, 9.17) is 4.74 Å². The fourth-order valence-corrected chi connectivity index (χ4v) is 3.83. The number of carbonyl (C=O) groups is 2. The fraction of sp³-hybridized carbons (Fsp3) is 0.280. The van der Waals surface area contributed by atoms with E-state index in [1.54, 1.807) is 19.2 Å². The molecule has 2 heterocycles. The molecule has 2 N–H and O–H groups in total. The molecule has 9 heteroatoms. The molecular formula is C25H27N5O4. The Hall–Kier alpha value is -4.14. The summed E-state index contributed by atoms with van der Waals surface area (Å²) in [6.45, 7) is 3.20. The second-order valence-corrected chi connectivity index (χ2v) is 8.16. The number of anilines is 1. The van der Waals surface area contributed by atoms with Crippen LogP contribution in [0.1, 0.15) is 37.5 Å². The zero-order valence-electron chi connectivity index (χ0n) is 19.4. The highest BCUT2D eigenvalue weighted by atomic mass is 16.5. The number of nitrogens with one attached hydrogen (secondary N) is 2. The quantitative estimate of drug-likeness (QED) is 0.557. The normalized spacial score (nSPS) is 12.3. The molecule has 0 atom stereocenters. The summed E-state index contributed by atoms with van der Waals surface area (Å²) in [6.07, 6.45) is 0. The zero-order chi connectivity index (χ0) is 24.2. The molecule has 4 rings (SSSR count). The molecule has 0 unspecified atom stereocenters. The Balaban J connectivity index is 1.63. The molecule has 9 nitrogen and oxygen atoms in total. The Morgan fingerprint density at radius 1 is 1.09 bits per heavy atom. The van der Waals surface area contributed by atoms with Gasteiger partial charge < -0.3 is 20.3 Å². The molecule has 1 aromatic heterocycles. The maximum absolute atomic E-state index is 13.2. The van der Waals surface area contributed by atoms with Gasteiger partial charge in [-0.05, 0) is 24.1 Å². The summed E-state index contributed by atoms with van der Waals surface area (Å²) in [4.78, 5) is 45.0. The first kappa shape index (κ1) is 23.0. The Morgan fingerprint density at radius 2 is 1.85 bits per heavy atom. The van der Waals surface area contributed by atoms with Gasteiger partial charge in [-0.3, -0.25) is 19.0 Å². The number of hydrogen-bond acceptors (Lipinski definition) is 6. The van der Waals surface area contributed by atoms with Crippen molar-refractivity contribution < 1.29 is 14.3 Å². The van der Waals surface area contributed by atoms with Gasteiger partial charge in [0, 0.05) is 39.3 Å². The van der Waals surface area contributed by atoms with Crippen molar-refractivity contribution in [1.29, 1.82) is 0 Å². The Labute approximate surface area is 197 Å². The SMILES string of the molecule is CNC(=O)c1cc(C)ccc1CNC(=O)c1nc2n(c(=O)c1OCc1ccccc1)CCN2C. The van der Waals surface area contributed by atoms with Gasteiger partial charge in [-0.1, -0.05) is 48.0 Å². The van der Waals surface area contributed by atoms with E-state index in [9.17, 15) is 14.4 Å². The zero-order valence-corrected chi connectivity index (χ0v) is 19.4. The molecule has 0 saturated carbocycles. The van der Waals surface area contributed by atoms with Crippen LogP contribution in [-0.4, -0.2) is 42.0 Å². The van der Waals surface area contributed by atoms with Gasteiger partial charge in [-0.2, -0.15) is 0 Å². The maximum atomic E-state index is 13.2. The van der Waals surface area contributed by atoms with Crippen LogP contribution in [0.2, 0.25) is 0 Å². The largest absolute Gasteiger partial charge is 0.481 e. The minimum Gasteiger partial charge on any atom is -0.481 e. The summed E-state index contributed by atoms with van der Waals surface area (Å²) in [6, 6.07) is 14.8. The average molecular weight is 462 g/mol. The average Bonchev–Trinajstić information content (AvgIpc) is 3.23. The lowest BCUT2D eigenvalue weighted by molar-refractivity contribution is 0.0931. The number of aryl methyl sites for hydroxylation is 1. The van der Waals surface area contributed by atoms with Crippen LogP contribution in [0.5, 0.6) is 5.75 Å². The number of ether oxygens (including phenoxy) is 1. The predicted molar refractivity (Wildman–Crippen MR) is 128 cm³/mol. The summed E-state index contributed by atoms with van der Waals surface area (Å²) in [7, 11) is 3.38. The Kier molecular flexibility index (Phi) is 6.62. The van der Waals surface area contributed by atoms with Gasteiger partial charge >= 0.3 is 0 Å². The molecule has 0 fully saturated rings. The standard InChI is InChI=1S/C25H27N5O4/c1-16-9-10-18(19(13-16)22(31)26-2)14-27-23(32)20-21(34-15-17-7-5-4-6-8-17)24(33)30-12-11-29(3)25(30)28-20/h4-10,13H,11-12,14-15H2,1-3H3,(H,26,31)(H,27,32). The fourth-order valence-electron chi connectivity index (χ4n) is 3.83. The Morgan fingerprint density at radius 3 is 2.59 bits per heavy atom. The number of amides is 2. The van der Waals surface area contributed by atoms with Gasteiger partial charge in [-0.25, -0.2) is 4.98 Å². The second-order valence-electron chi connectivity index (χ2n) is 8.16. The van der Waals surface area contributed by atoms with E-state index in [2.05, 4.69) is 15.6 Å². The molecule has 2 amide bonds. The maximum Gasteiger partial charge on any atom is 0.298 e. The number of likely N-dealkylation sites (N-methyl/N-ethyl adjacent to an activating group) is 1. The van der Waals surface area contributed by atoms with E-state index >= 15 is 0 Å². The van der Waals surface area contributed by atoms with Crippen LogP contribution in [0.4, 0.5) is 5.95 Å². The lowest BCUT2D eigenvalue weighted by Gasteiger charge is -2.16. The summed E-state index contributed by atoms with van der Waals surface area (Å²) in [5.41, 5.74) is 2.46. The van der Waals surface area contributed by atoms with Crippen molar-refractivity contribution in [2.75, 3.05) is 25.5 Å². The second kappa shape index (κ2) is 9.78. The van der Waals surface area contributed by atoms with E-state index in [0.717, 1.165) is 11.1 Å². The van der Waals surface area contributed by atoms with Gasteiger partial charge in [-0.15, -0.1) is 0 Å². The molecule has 0 bridgehead atoms. The molecule has 2 aromatic carbocycles. The molecule has 176 valence electrons. The summed E-state index contributed by atoms with van der Waals surface area (Å²) >= 11 is 0. The highest BCUT2D eigenvalue weighted by molar-refractivity contribution is 5.97. The number of fused-ring (bicyclic) bond motifs is 1. The summed E-state index contributed by atoms with van der Waals surface area (Å²) in [5, 5.41) is 5.41. The number of benzene rings is 2. The van der Waals surface area contributed by atoms with Gasteiger partial charge in [0.15, 0.2) is 5.69 Å². The molecule has 3 aromatic rings. The number of aromatic nitrogens is 2. The van der Waals surface area contributed by atoms with Crippen LogP contribution in [0, 0.1) is 6.92 Å². The van der Waals surface area contributed by atoms with Crippen LogP contribution in [-0.2, 0) is 19.7 Å². The number of hydrogen-bond donors (Lipinski definition) is 2. The number of rotatable bonds is 7. The van der Waals surface area contributed by atoms with Crippen LogP contribution in [0.15, 0.2) is 53.3 Å². The minimum absolute atomic E-state index is 0.0745. The number of carbonyl (C=O) groups excluding carboxylic acids is 2. The van der Waals surface area contributed by atoms with Crippen LogP contribution < -0.4 is 25.8 Å². The molecular weight excluding hydrogens is 434 g/mol. The molecule has 1 aliphatic rings. The third-order valence-corrected chi connectivity index (χ3v) is 5.73. The third-order valence-electron chi connectivity index (χ3n) is 5.73. The molecule has 1 aliphatic heterocycles. The third kappa shape index (κ3) is 4.63. The van der Waals surface area contributed by atoms with E-state index in [1.165, 1.54) is 4.57 Å². The van der Waals surface area contributed by atoms with Crippen molar-refractivity contribution in [2.45, 2.75) is 26.6 Å². The van der Waals surface area contributed by atoms with E-state index in [1.807, 2.05) is 55.3 Å². The van der Waals surface area contributed by atoms with Crippen molar-refractivity contribution in [3.63, 3.8) is 0 Å². The van der Waals surface area contributed by atoms with Crippen LogP contribution >= 0.6 is 0 Å². The van der Waals surface area contributed by atoms with Crippen molar-refractivity contribution in [3.8, 4) is 5.75 Å². The van der Waals surface area contributed by atoms with E-state index in [-0.39, 0.29) is 30.5 Å². The van der Waals surface area contributed by atoms with Crippen LogP contribution in [0.25, 0.3) is 0 Å². The van der Waals surface area contributed by atoms with E-state index in [0.29, 0.717) is 30.2 Å². The molecule has 0 saturated heterocycles. The number of nitrogens with zero attached hydrogens (tertiary/aromatic N) is 3. The first-order valence-electron chi connectivity index (χ1n) is 11.0. The van der Waals surface area contributed by atoms with Gasteiger partial charge in [0.1, 0.15) is 6.61 Å². The van der Waals surface area contributed by atoms with Crippen molar-refractivity contribution in [3.05, 3.63) is 86.8 Å². The first-order chi connectivity index (χ1) is 16.4. The Bertz CT molecular complexity index is 1290. The monoisotopic (exact) mass is 461 g/mol. The molecule has 0 spiro atoms. The molecule has 0 aliphatic carbocycles. The van der Waals surface area contributed by atoms with Gasteiger partial charge in [0.05, 0.1) is 0 Å². The topological polar surface area (TPSA) is 106 Å². The lowest BCUT2D eigenvalue weighted by atomic mass is 10.0. The van der Waals surface area contributed by atoms with Crippen molar-refractivity contribution >= 4 is 17.8 Å².